The monoisotopic (exact) mass is 460 g/mol. The highest BCUT2D eigenvalue weighted by atomic mass is 16.6. The van der Waals surface area contributed by atoms with Gasteiger partial charge in [-0.1, -0.05) is 78.4 Å². The van der Waals surface area contributed by atoms with Crippen molar-refractivity contribution in [3.8, 4) is 5.75 Å². The number of rotatable bonds is 17. The smallest absolute Gasteiger partial charge is 0.345 e. The van der Waals surface area contributed by atoms with Crippen molar-refractivity contribution >= 4 is 18.0 Å². The number of carbonyl (C=O) groups excluding carboxylic acids is 2. The Hall–Kier alpha value is -2.30. The summed E-state index contributed by atoms with van der Waals surface area (Å²) in [6.07, 6.45) is 9.87. The third-order valence-corrected chi connectivity index (χ3v) is 5.93. The van der Waals surface area contributed by atoms with Gasteiger partial charge in [0.25, 0.3) is 0 Å². The first-order chi connectivity index (χ1) is 16.0. The van der Waals surface area contributed by atoms with Gasteiger partial charge >= 0.3 is 11.9 Å². The van der Waals surface area contributed by atoms with E-state index < -0.39 is 11.9 Å². The lowest BCUT2D eigenvalue weighted by molar-refractivity contribution is -0.148. The van der Waals surface area contributed by atoms with E-state index >= 15 is 0 Å². The molecule has 0 aliphatic rings. The quantitative estimate of drug-likeness (QED) is 0.108. The van der Waals surface area contributed by atoms with E-state index in [4.69, 9.17) is 14.2 Å². The zero-order valence-corrected chi connectivity index (χ0v) is 21.4. The molecule has 1 aromatic carbocycles. The Morgan fingerprint density at radius 2 is 1.27 bits per heavy atom. The maximum Gasteiger partial charge on any atom is 0.345 e. The summed E-state index contributed by atoms with van der Waals surface area (Å²) < 4.78 is 16.6. The minimum absolute atomic E-state index is 0.0603. The van der Waals surface area contributed by atoms with Crippen LogP contribution in [0.25, 0.3) is 6.08 Å². The first-order valence-corrected chi connectivity index (χ1v) is 12.8. The Morgan fingerprint density at radius 3 is 1.67 bits per heavy atom. The van der Waals surface area contributed by atoms with Gasteiger partial charge in [0, 0.05) is 0 Å². The molecule has 5 heteroatoms. The van der Waals surface area contributed by atoms with E-state index in [9.17, 15) is 9.59 Å². The highest BCUT2D eigenvalue weighted by molar-refractivity contribution is 6.17. The van der Waals surface area contributed by atoms with Crippen LogP contribution in [0.3, 0.4) is 0 Å². The number of esters is 2. The predicted octanol–water partition coefficient (Wildman–Crippen LogP) is 6.99. The van der Waals surface area contributed by atoms with E-state index in [0.717, 1.165) is 62.7 Å². The molecule has 0 saturated carbocycles. The van der Waals surface area contributed by atoms with E-state index in [1.807, 2.05) is 31.2 Å². The molecule has 0 aliphatic carbocycles. The van der Waals surface area contributed by atoms with Crippen molar-refractivity contribution < 1.29 is 23.8 Å². The topological polar surface area (TPSA) is 61.8 Å². The number of ether oxygens (including phenoxy) is 3. The number of carbonyl (C=O) groups is 2. The Balaban J connectivity index is 2.96. The first kappa shape index (κ1) is 28.7. The summed E-state index contributed by atoms with van der Waals surface area (Å²) in [5, 5.41) is 0. The van der Waals surface area contributed by atoms with Crippen LogP contribution < -0.4 is 4.74 Å². The average Bonchev–Trinajstić information content (AvgIpc) is 2.83. The van der Waals surface area contributed by atoms with E-state index in [1.54, 1.807) is 6.08 Å². The molecule has 0 radical (unpaired) electrons. The summed E-state index contributed by atoms with van der Waals surface area (Å²) in [6.45, 7) is 11.6. The third kappa shape index (κ3) is 11.4. The normalized spacial score (nSPS) is 12.5. The van der Waals surface area contributed by atoms with Gasteiger partial charge in [-0.3, -0.25) is 0 Å². The van der Waals surface area contributed by atoms with Crippen LogP contribution in [-0.4, -0.2) is 31.8 Å². The lowest BCUT2D eigenvalue weighted by Crippen LogP contribution is -2.23. The molecule has 0 aliphatic heterocycles. The Kier molecular flexibility index (Phi) is 15.0. The number of unbranched alkanes of at least 4 members (excludes halogenated alkanes) is 2. The van der Waals surface area contributed by atoms with Crippen molar-refractivity contribution in [3.05, 3.63) is 35.4 Å². The van der Waals surface area contributed by atoms with Crippen LogP contribution in [0, 0.1) is 11.8 Å². The fraction of sp³-hybridized carbons (Fsp3) is 0.643. The van der Waals surface area contributed by atoms with Crippen molar-refractivity contribution in [1.82, 2.24) is 0 Å². The van der Waals surface area contributed by atoms with Gasteiger partial charge in [-0.25, -0.2) is 9.59 Å². The number of hydrogen-bond acceptors (Lipinski definition) is 5. The van der Waals surface area contributed by atoms with E-state index in [1.165, 1.54) is 0 Å². The lowest BCUT2D eigenvalue weighted by Gasteiger charge is -2.17. The second kappa shape index (κ2) is 17.2. The molecule has 1 aromatic rings. The van der Waals surface area contributed by atoms with Gasteiger partial charge in [0.05, 0.1) is 19.8 Å². The van der Waals surface area contributed by atoms with E-state index in [-0.39, 0.29) is 5.57 Å². The van der Waals surface area contributed by atoms with Crippen LogP contribution in [0.15, 0.2) is 29.8 Å². The van der Waals surface area contributed by atoms with E-state index in [0.29, 0.717) is 31.7 Å². The standard InChI is InChI=1S/C28H44O5/c1-6-11-13-22(8-3)20-32-27(29)26(19-24-15-17-25(18-16-24)31-10-5)28(30)33-21-23(9-4)14-12-7-2/h15-19,22-23H,6-14,20-21H2,1-5H3. The molecule has 2 atom stereocenters. The maximum absolute atomic E-state index is 12.9. The van der Waals surface area contributed by atoms with Crippen molar-refractivity contribution in [2.75, 3.05) is 19.8 Å². The van der Waals surface area contributed by atoms with Gasteiger partial charge in [-0.05, 0) is 55.4 Å². The first-order valence-electron chi connectivity index (χ1n) is 12.8. The van der Waals surface area contributed by atoms with Crippen molar-refractivity contribution in [2.24, 2.45) is 11.8 Å². The van der Waals surface area contributed by atoms with E-state index in [2.05, 4.69) is 27.7 Å². The average molecular weight is 461 g/mol. The molecule has 0 aromatic heterocycles. The van der Waals surface area contributed by atoms with Crippen LogP contribution in [0.2, 0.25) is 0 Å². The summed E-state index contributed by atoms with van der Waals surface area (Å²) in [7, 11) is 0. The lowest BCUT2D eigenvalue weighted by atomic mass is 10.0. The molecule has 1 rings (SSSR count). The summed E-state index contributed by atoms with van der Waals surface area (Å²) in [6, 6.07) is 7.27. The van der Waals surface area contributed by atoms with Crippen LogP contribution in [-0.2, 0) is 19.1 Å². The highest BCUT2D eigenvalue weighted by Gasteiger charge is 2.24. The largest absolute Gasteiger partial charge is 0.494 e. The second-order valence-corrected chi connectivity index (χ2v) is 8.59. The molecular weight excluding hydrogens is 416 g/mol. The predicted molar refractivity (Wildman–Crippen MR) is 134 cm³/mol. The summed E-state index contributed by atoms with van der Waals surface area (Å²) in [5.41, 5.74) is 0.660. The Bertz CT molecular complexity index is 674. The SMILES string of the molecule is CCCCC(CC)COC(=O)C(=Cc1ccc(OCC)cc1)C(=O)OCC(CC)CCCC. The van der Waals surface area contributed by atoms with Gasteiger partial charge in [0.15, 0.2) is 0 Å². The Morgan fingerprint density at radius 1 is 0.788 bits per heavy atom. The van der Waals surface area contributed by atoms with Gasteiger partial charge in [-0.15, -0.1) is 0 Å². The van der Waals surface area contributed by atoms with Crippen molar-refractivity contribution in [1.29, 1.82) is 0 Å². The molecule has 0 bridgehead atoms. The van der Waals surface area contributed by atoms with Gasteiger partial charge in [0.1, 0.15) is 11.3 Å². The minimum Gasteiger partial charge on any atom is -0.494 e. The number of hydrogen-bond donors (Lipinski definition) is 0. The number of benzene rings is 1. The maximum atomic E-state index is 12.9. The molecule has 0 amide bonds. The van der Waals surface area contributed by atoms with Crippen LogP contribution >= 0.6 is 0 Å². The second-order valence-electron chi connectivity index (χ2n) is 8.59. The minimum atomic E-state index is -0.620. The fourth-order valence-corrected chi connectivity index (χ4v) is 3.53. The molecule has 0 fully saturated rings. The van der Waals surface area contributed by atoms with Crippen molar-refractivity contribution in [2.45, 2.75) is 86.0 Å². The van der Waals surface area contributed by atoms with Gasteiger partial charge in [0.2, 0.25) is 0 Å². The molecule has 0 spiro atoms. The Labute approximate surface area is 200 Å². The zero-order valence-electron chi connectivity index (χ0n) is 21.4. The molecular formula is C28H44O5. The molecule has 33 heavy (non-hydrogen) atoms. The highest BCUT2D eigenvalue weighted by Crippen LogP contribution is 2.19. The van der Waals surface area contributed by atoms with Crippen LogP contribution in [0.1, 0.15) is 91.5 Å². The summed E-state index contributed by atoms with van der Waals surface area (Å²) >= 11 is 0. The van der Waals surface area contributed by atoms with Crippen LogP contribution in [0.4, 0.5) is 0 Å². The molecule has 186 valence electrons. The molecule has 0 heterocycles. The zero-order chi connectivity index (χ0) is 24.5. The molecule has 0 N–H and O–H groups in total. The third-order valence-electron chi connectivity index (χ3n) is 5.93. The molecule has 0 saturated heterocycles. The van der Waals surface area contributed by atoms with Crippen LogP contribution in [0.5, 0.6) is 5.75 Å². The summed E-state index contributed by atoms with van der Waals surface area (Å²) in [5.74, 6) is 0.103. The van der Waals surface area contributed by atoms with Crippen molar-refractivity contribution in [3.63, 3.8) is 0 Å². The van der Waals surface area contributed by atoms with Gasteiger partial charge < -0.3 is 14.2 Å². The molecule has 2 unspecified atom stereocenters. The summed E-state index contributed by atoms with van der Waals surface area (Å²) in [4.78, 5) is 25.8. The van der Waals surface area contributed by atoms with Gasteiger partial charge in [-0.2, -0.15) is 0 Å². The molecule has 5 nitrogen and oxygen atoms in total. The fourth-order valence-electron chi connectivity index (χ4n) is 3.53.